The Balaban J connectivity index is 1.46. The van der Waals surface area contributed by atoms with Crippen LogP contribution < -0.4 is 10.7 Å². The molecule has 6 nitrogen and oxygen atoms in total. The number of hydrogen-bond donors (Lipinski definition) is 2. The zero-order chi connectivity index (χ0) is 19.8. The van der Waals surface area contributed by atoms with Gasteiger partial charge in [-0.2, -0.15) is 0 Å². The SMILES string of the molecule is Fc1ccc(CNN2C=NC3=C(C2)c2ccncc2Nc2ncccc23)c(F)c1. The van der Waals surface area contributed by atoms with Crippen LogP contribution in [0.4, 0.5) is 20.3 Å². The molecule has 0 unspecified atom stereocenters. The van der Waals surface area contributed by atoms with Gasteiger partial charge in [0.1, 0.15) is 23.8 Å². The summed E-state index contributed by atoms with van der Waals surface area (Å²) < 4.78 is 27.0. The Labute approximate surface area is 165 Å². The summed E-state index contributed by atoms with van der Waals surface area (Å²) in [4.78, 5) is 13.3. The van der Waals surface area contributed by atoms with Crippen LogP contribution in [0.2, 0.25) is 0 Å². The largest absolute Gasteiger partial charge is 0.338 e. The zero-order valence-corrected chi connectivity index (χ0v) is 15.2. The minimum atomic E-state index is -0.593. The van der Waals surface area contributed by atoms with Crippen LogP contribution in [0.25, 0.3) is 11.3 Å². The Morgan fingerprint density at radius 1 is 1.10 bits per heavy atom. The average Bonchev–Trinajstić information content (AvgIpc) is 2.87. The Morgan fingerprint density at radius 3 is 2.93 bits per heavy atom. The normalized spacial score (nSPS) is 14.6. The first-order valence-electron chi connectivity index (χ1n) is 9.07. The molecule has 0 amide bonds. The Bertz CT molecular complexity index is 1160. The predicted molar refractivity (Wildman–Crippen MR) is 107 cm³/mol. The molecule has 0 aliphatic carbocycles. The first-order chi connectivity index (χ1) is 14.2. The molecule has 2 N–H and O–H groups in total. The van der Waals surface area contributed by atoms with Gasteiger partial charge in [0.15, 0.2) is 0 Å². The molecule has 8 heteroatoms. The molecule has 0 spiro atoms. The van der Waals surface area contributed by atoms with Crippen LogP contribution in [0, 0.1) is 11.6 Å². The van der Waals surface area contributed by atoms with Crippen molar-refractivity contribution < 1.29 is 8.78 Å². The maximum absolute atomic E-state index is 13.9. The van der Waals surface area contributed by atoms with Gasteiger partial charge in [0.25, 0.3) is 0 Å². The third-order valence-corrected chi connectivity index (χ3v) is 4.89. The number of benzene rings is 1. The molecule has 0 saturated carbocycles. The van der Waals surface area contributed by atoms with E-state index < -0.39 is 11.6 Å². The van der Waals surface area contributed by atoms with Gasteiger partial charge < -0.3 is 5.32 Å². The van der Waals surface area contributed by atoms with Crippen LogP contribution >= 0.6 is 0 Å². The third kappa shape index (κ3) is 3.23. The fourth-order valence-electron chi connectivity index (χ4n) is 3.47. The smallest absolute Gasteiger partial charge is 0.139 e. The number of nitrogens with one attached hydrogen (secondary N) is 2. The molecule has 0 bridgehead atoms. The van der Waals surface area contributed by atoms with Crippen LogP contribution in [-0.2, 0) is 6.54 Å². The average molecular weight is 390 g/mol. The van der Waals surface area contributed by atoms with E-state index in [4.69, 9.17) is 0 Å². The van der Waals surface area contributed by atoms with Crippen molar-refractivity contribution in [1.82, 2.24) is 20.4 Å². The molecule has 29 heavy (non-hydrogen) atoms. The van der Waals surface area contributed by atoms with E-state index in [0.29, 0.717) is 12.1 Å². The fourth-order valence-corrected chi connectivity index (χ4v) is 3.47. The summed E-state index contributed by atoms with van der Waals surface area (Å²) in [7, 11) is 0. The van der Waals surface area contributed by atoms with Gasteiger partial charge in [0, 0.05) is 47.3 Å². The van der Waals surface area contributed by atoms with Crippen molar-refractivity contribution in [2.24, 2.45) is 4.99 Å². The van der Waals surface area contributed by atoms with E-state index in [-0.39, 0.29) is 6.54 Å². The molecule has 5 rings (SSSR count). The molecule has 4 heterocycles. The molecule has 0 saturated heterocycles. The number of anilines is 2. The quantitative estimate of drug-likeness (QED) is 0.714. The summed E-state index contributed by atoms with van der Waals surface area (Å²) in [5, 5.41) is 5.12. The summed E-state index contributed by atoms with van der Waals surface area (Å²) in [6, 6.07) is 9.33. The number of pyridine rings is 2. The van der Waals surface area contributed by atoms with Gasteiger partial charge in [0.2, 0.25) is 0 Å². The van der Waals surface area contributed by atoms with Gasteiger partial charge in [0.05, 0.1) is 24.1 Å². The van der Waals surface area contributed by atoms with Gasteiger partial charge in [-0.15, -0.1) is 0 Å². The van der Waals surface area contributed by atoms with E-state index in [2.05, 4.69) is 25.7 Å². The lowest BCUT2D eigenvalue weighted by Gasteiger charge is -2.27. The molecule has 0 radical (unpaired) electrons. The number of nitrogens with zero attached hydrogens (tertiary/aromatic N) is 4. The summed E-state index contributed by atoms with van der Waals surface area (Å²) in [6.07, 6.45) is 6.89. The molecule has 3 aromatic rings. The lowest BCUT2D eigenvalue weighted by Crippen LogP contribution is -2.39. The first-order valence-corrected chi connectivity index (χ1v) is 9.07. The van der Waals surface area contributed by atoms with Crippen molar-refractivity contribution >= 4 is 29.1 Å². The van der Waals surface area contributed by atoms with E-state index in [9.17, 15) is 8.78 Å². The Kier molecular flexibility index (Phi) is 4.25. The van der Waals surface area contributed by atoms with Crippen LogP contribution in [0.1, 0.15) is 16.7 Å². The first kappa shape index (κ1) is 17.4. The van der Waals surface area contributed by atoms with Gasteiger partial charge in [-0.25, -0.2) is 24.2 Å². The lowest BCUT2D eigenvalue weighted by atomic mass is 10.0. The fraction of sp³-hybridized carbons (Fsp3) is 0.0952. The summed E-state index contributed by atoms with van der Waals surface area (Å²) in [5.41, 5.74) is 8.07. The number of fused-ring (bicyclic) bond motifs is 4. The van der Waals surface area contributed by atoms with E-state index in [1.165, 1.54) is 12.1 Å². The number of aliphatic imine (C=N–C) groups is 1. The van der Waals surface area contributed by atoms with E-state index in [1.807, 2.05) is 18.2 Å². The number of halogens is 2. The van der Waals surface area contributed by atoms with Crippen LogP contribution in [0.5, 0.6) is 0 Å². The van der Waals surface area contributed by atoms with Gasteiger partial charge in [-0.3, -0.25) is 9.99 Å². The summed E-state index contributed by atoms with van der Waals surface area (Å²) in [6.45, 7) is 0.717. The maximum Gasteiger partial charge on any atom is 0.139 e. The molecule has 0 atom stereocenters. The van der Waals surface area contributed by atoms with E-state index >= 15 is 0 Å². The van der Waals surface area contributed by atoms with Crippen molar-refractivity contribution in [2.75, 3.05) is 11.9 Å². The molecular formula is C21H16F2N6. The van der Waals surface area contributed by atoms with E-state index in [0.717, 1.165) is 40.0 Å². The van der Waals surface area contributed by atoms with Gasteiger partial charge in [-0.1, -0.05) is 6.07 Å². The van der Waals surface area contributed by atoms with Crippen molar-refractivity contribution in [3.63, 3.8) is 0 Å². The predicted octanol–water partition coefficient (Wildman–Crippen LogP) is 3.73. The van der Waals surface area contributed by atoms with Gasteiger partial charge >= 0.3 is 0 Å². The second-order valence-electron chi connectivity index (χ2n) is 6.72. The highest BCUT2D eigenvalue weighted by Gasteiger charge is 2.25. The summed E-state index contributed by atoms with van der Waals surface area (Å²) >= 11 is 0. The Hall–Kier alpha value is -3.65. The molecule has 1 aromatic carbocycles. The molecule has 144 valence electrons. The van der Waals surface area contributed by atoms with Crippen molar-refractivity contribution in [2.45, 2.75) is 6.54 Å². The lowest BCUT2D eigenvalue weighted by molar-refractivity contribution is 0.341. The van der Waals surface area contributed by atoms with E-state index in [1.54, 1.807) is 29.9 Å². The number of hydrazine groups is 1. The van der Waals surface area contributed by atoms with Crippen molar-refractivity contribution in [1.29, 1.82) is 0 Å². The molecule has 0 fully saturated rings. The number of aromatic nitrogens is 2. The van der Waals surface area contributed by atoms with Crippen molar-refractivity contribution in [3.05, 3.63) is 83.3 Å². The molecule has 2 aliphatic rings. The molecule has 2 aromatic heterocycles. The third-order valence-electron chi connectivity index (χ3n) is 4.89. The van der Waals surface area contributed by atoms with Crippen LogP contribution in [-0.4, -0.2) is 27.9 Å². The Morgan fingerprint density at radius 2 is 2.03 bits per heavy atom. The second-order valence-corrected chi connectivity index (χ2v) is 6.72. The van der Waals surface area contributed by atoms with Gasteiger partial charge in [-0.05, 0) is 24.3 Å². The minimum Gasteiger partial charge on any atom is -0.338 e. The number of rotatable bonds is 3. The zero-order valence-electron chi connectivity index (χ0n) is 15.2. The standard InChI is InChI=1S/C21H16F2N6/c22-14-4-3-13(18(23)8-14)9-27-29-11-17-15-5-7-24-10-19(15)28-21-16(2-1-6-25-21)20(17)26-12-29/h1-8,10,12,27H,9,11H2,(H,25,28). The summed E-state index contributed by atoms with van der Waals surface area (Å²) in [5.74, 6) is -0.454. The second kappa shape index (κ2) is 7.06. The number of hydrogen-bond acceptors (Lipinski definition) is 6. The van der Waals surface area contributed by atoms with Crippen molar-refractivity contribution in [3.8, 4) is 0 Å². The molecule has 2 aliphatic heterocycles. The van der Waals surface area contributed by atoms with Crippen LogP contribution in [0.3, 0.4) is 0 Å². The topological polar surface area (TPSA) is 65.4 Å². The van der Waals surface area contributed by atoms with Crippen LogP contribution in [0.15, 0.2) is 60.0 Å². The highest BCUT2D eigenvalue weighted by atomic mass is 19.1. The highest BCUT2D eigenvalue weighted by Crippen LogP contribution is 2.40. The molecular weight excluding hydrogens is 374 g/mol. The maximum atomic E-state index is 13.9. The minimum absolute atomic E-state index is 0.209. The highest BCUT2D eigenvalue weighted by molar-refractivity contribution is 6.03. The monoisotopic (exact) mass is 390 g/mol.